The average molecular weight is 245 g/mol. The lowest BCUT2D eigenvalue weighted by Crippen LogP contribution is -2.35. The molecule has 0 unspecified atom stereocenters. The number of hydrogen-bond acceptors (Lipinski definition) is 1. The van der Waals surface area contributed by atoms with E-state index in [2.05, 4.69) is 5.32 Å². The molecule has 0 aromatic heterocycles. The molecule has 1 aliphatic rings. The van der Waals surface area contributed by atoms with Crippen molar-refractivity contribution in [3.8, 4) is 0 Å². The first-order chi connectivity index (χ1) is 8.75. The molecule has 1 aliphatic carbocycles. The van der Waals surface area contributed by atoms with Crippen molar-refractivity contribution in [2.75, 3.05) is 0 Å². The van der Waals surface area contributed by atoms with E-state index in [0.29, 0.717) is 6.04 Å². The first kappa shape index (κ1) is 13.1. The summed E-state index contributed by atoms with van der Waals surface area (Å²) in [5.74, 6) is 0.0839. The highest BCUT2D eigenvalue weighted by Crippen LogP contribution is 2.17. The van der Waals surface area contributed by atoms with Crippen LogP contribution in [0.25, 0.3) is 0 Å². The highest BCUT2D eigenvalue weighted by molar-refractivity contribution is 5.94. The Morgan fingerprint density at radius 3 is 2.17 bits per heavy atom. The van der Waals surface area contributed by atoms with E-state index in [0.717, 1.165) is 18.4 Å². The van der Waals surface area contributed by atoms with Gasteiger partial charge in [0.05, 0.1) is 0 Å². The highest BCUT2D eigenvalue weighted by Gasteiger charge is 2.14. The van der Waals surface area contributed by atoms with Gasteiger partial charge in [-0.25, -0.2) is 0 Å². The second-order valence-electron chi connectivity index (χ2n) is 5.38. The van der Waals surface area contributed by atoms with Gasteiger partial charge in [-0.3, -0.25) is 4.79 Å². The molecule has 1 amide bonds. The largest absolute Gasteiger partial charge is 0.349 e. The van der Waals surface area contributed by atoms with Crippen LogP contribution in [0.15, 0.2) is 24.3 Å². The van der Waals surface area contributed by atoms with E-state index >= 15 is 0 Å². The second-order valence-corrected chi connectivity index (χ2v) is 5.38. The van der Waals surface area contributed by atoms with Gasteiger partial charge in [0.25, 0.3) is 5.91 Å². The van der Waals surface area contributed by atoms with Gasteiger partial charge in [0.2, 0.25) is 0 Å². The van der Waals surface area contributed by atoms with Crippen LogP contribution in [0, 0.1) is 6.92 Å². The molecule has 1 aromatic carbocycles. The van der Waals surface area contributed by atoms with Crippen LogP contribution in [-0.2, 0) is 0 Å². The molecular formula is C16H23NO. The Labute approximate surface area is 110 Å². The molecule has 0 bridgehead atoms. The third-order valence-electron chi connectivity index (χ3n) is 3.75. The van der Waals surface area contributed by atoms with Crippen LogP contribution in [0.2, 0.25) is 0 Å². The van der Waals surface area contributed by atoms with Gasteiger partial charge < -0.3 is 5.32 Å². The lowest BCUT2D eigenvalue weighted by atomic mass is 9.96. The van der Waals surface area contributed by atoms with E-state index < -0.39 is 0 Å². The number of nitrogens with one attached hydrogen (secondary N) is 1. The Morgan fingerprint density at radius 1 is 1.00 bits per heavy atom. The summed E-state index contributed by atoms with van der Waals surface area (Å²) < 4.78 is 0. The first-order valence-corrected chi connectivity index (χ1v) is 7.13. The molecule has 1 fully saturated rings. The Morgan fingerprint density at radius 2 is 1.56 bits per heavy atom. The zero-order valence-electron chi connectivity index (χ0n) is 11.2. The van der Waals surface area contributed by atoms with E-state index in [-0.39, 0.29) is 5.91 Å². The molecule has 0 spiro atoms. The quantitative estimate of drug-likeness (QED) is 0.842. The number of carbonyl (C=O) groups is 1. The number of benzene rings is 1. The normalized spacial score (nSPS) is 17.8. The van der Waals surface area contributed by atoms with Gasteiger partial charge in [-0.05, 0) is 31.9 Å². The predicted octanol–water partition coefficient (Wildman–Crippen LogP) is 3.84. The third kappa shape index (κ3) is 3.86. The van der Waals surface area contributed by atoms with Crippen molar-refractivity contribution in [2.45, 2.75) is 57.9 Å². The molecule has 1 saturated carbocycles. The van der Waals surface area contributed by atoms with Crippen molar-refractivity contribution in [2.24, 2.45) is 0 Å². The van der Waals surface area contributed by atoms with Crippen LogP contribution < -0.4 is 5.32 Å². The molecule has 0 aliphatic heterocycles. The summed E-state index contributed by atoms with van der Waals surface area (Å²) >= 11 is 0. The fourth-order valence-electron chi connectivity index (χ4n) is 2.57. The van der Waals surface area contributed by atoms with Crippen molar-refractivity contribution in [3.05, 3.63) is 35.4 Å². The molecule has 2 nitrogen and oxygen atoms in total. The zero-order chi connectivity index (χ0) is 12.8. The molecule has 0 radical (unpaired) electrons. The Hall–Kier alpha value is -1.31. The van der Waals surface area contributed by atoms with Crippen molar-refractivity contribution in [1.29, 1.82) is 0 Å². The van der Waals surface area contributed by atoms with Crippen molar-refractivity contribution in [1.82, 2.24) is 5.32 Å². The molecule has 1 N–H and O–H groups in total. The fraction of sp³-hybridized carbons (Fsp3) is 0.562. The van der Waals surface area contributed by atoms with Crippen molar-refractivity contribution >= 4 is 5.91 Å². The van der Waals surface area contributed by atoms with Gasteiger partial charge in [-0.2, -0.15) is 0 Å². The lowest BCUT2D eigenvalue weighted by Gasteiger charge is -2.21. The topological polar surface area (TPSA) is 29.1 Å². The van der Waals surface area contributed by atoms with Gasteiger partial charge >= 0.3 is 0 Å². The maximum absolute atomic E-state index is 12.1. The molecule has 18 heavy (non-hydrogen) atoms. The van der Waals surface area contributed by atoms with E-state index in [1.54, 1.807) is 0 Å². The molecule has 1 aromatic rings. The highest BCUT2D eigenvalue weighted by atomic mass is 16.1. The molecule has 0 atom stereocenters. The first-order valence-electron chi connectivity index (χ1n) is 7.13. The maximum Gasteiger partial charge on any atom is 0.251 e. The standard InChI is InChI=1S/C16H23NO/c1-13-9-11-14(12-10-13)16(18)17-15-7-5-3-2-4-6-8-15/h9-12,15H,2-8H2,1H3,(H,17,18). The van der Waals surface area contributed by atoms with Crippen molar-refractivity contribution in [3.63, 3.8) is 0 Å². The predicted molar refractivity (Wildman–Crippen MR) is 74.8 cm³/mol. The third-order valence-corrected chi connectivity index (χ3v) is 3.75. The van der Waals surface area contributed by atoms with Gasteiger partial charge in [-0.1, -0.05) is 49.8 Å². The molecule has 98 valence electrons. The van der Waals surface area contributed by atoms with E-state index in [1.807, 2.05) is 31.2 Å². The number of hydrogen-bond donors (Lipinski definition) is 1. The van der Waals surface area contributed by atoms with Crippen LogP contribution in [0.3, 0.4) is 0 Å². The average Bonchev–Trinajstić information content (AvgIpc) is 2.33. The minimum Gasteiger partial charge on any atom is -0.349 e. The van der Waals surface area contributed by atoms with Crippen LogP contribution >= 0.6 is 0 Å². The zero-order valence-corrected chi connectivity index (χ0v) is 11.2. The van der Waals surface area contributed by atoms with Gasteiger partial charge in [-0.15, -0.1) is 0 Å². The fourth-order valence-corrected chi connectivity index (χ4v) is 2.57. The maximum atomic E-state index is 12.1. The van der Waals surface area contributed by atoms with Gasteiger partial charge in [0.15, 0.2) is 0 Å². The van der Waals surface area contributed by atoms with E-state index in [1.165, 1.54) is 37.7 Å². The van der Waals surface area contributed by atoms with Crippen LogP contribution in [-0.4, -0.2) is 11.9 Å². The summed E-state index contributed by atoms with van der Waals surface area (Å²) in [5, 5.41) is 3.18. The summed E-state index contributed by atoms with van der Waals surface area (Å²) in [5.41, 5.74) is 1.97. The van der Waals surface area contributed by atoms with Gasteiger partial charge in [0, 0.05) is 11.6 Å². The Bertz CT molecular complexity index is 375. The SMILES string of the molecule is Cc1ccc(C(=O)NC2CCCCCCC2)cc1. The summed E-state index contributed by atoms with van der Waals surface area (Å²) in [6.45, 7) is 2.04. The lowest BCUT2D eigenvalue weighted by molar-refractivity contribution is 0.0930. The number of amides is 1. The number of rotatable bonds is 2. The monoisotopic (exact) mass is 245 g/mol. The van der Waals surface area contributed by atoms with Crippen LogP contribution in [0.5, 0.6) is 0 Å². The van der Waals surface area contributed by atoms with Crippen molar-refractivity contribution < 1.29 is 4.79 Å². The molecule has 0 saturated heterocycles. The minimum atomic E-state index is 0.0839. The van der Waals surface area contributed by atoms with Crippen LogP contribution in [0.1, 0.15) is 60.9 Å². The van der Waals surface area contributed by atoms with E-state index in [9.17, 15) is 4.79 Å². The Balaban J connectivity index is 1.91. The molecular weight excluding hydrogens is 222 g/mol. The Kier molecular flexibility index (Phi) is 4.80. The summed E-state index contributed by atoms with van der Waals surface area (Å²) in [4.78, 5) is 12.1. The summed E-state index contributed by atoms with van der Waals surface area (Å²) in [6, 6.07) is 8.18. The number of carbonyl (C=O) groups excluding carboxylic acids is 1. The van der Waals surface area contributed by atoms with Gasteiger partial charge in [0.1, 0.15) is 0 Å². The summed E-state index contributed by atoms with van der Waals surface area (Å²) in [6.07, 6.45) is 8.76. The number of aryl methyl sites for hydroxylation is 1. The second kappa shape index (κ2) is 6.58. The minimum absolute atomic E-state index is 0.0839. The smallest absolute Gasteiger partial charge is 0.251 e. The van der Waals surface area contributed by atoms with Crippen LogP contribution in [0.4, 0.5) is 0 Å². The van der Waals surface area contributed by atoms with E-state index in [4.69, 9.17) is 0 Å². The molecule has 2 heteroatoms. The molecule has 2 rings (SSSR count). The summed E-state index contributed by atoms with van der Waals surface area (Å²) in [7, 11) is 0. The molecule has 0 heterocycles.